The van der Waals surface area contributed by atoms with Crippen LogP contribution in [0.15, 0.2) is 24.3 Å². The third-order valence-corrected chi connectivity index (χ3v) is 6.86. The Hall–Kier alpha value is -2.78. The van der Waals surface area contributed by atoms with Crippen molar-refractivity contribution in [3.8, 4) is 17.2 Å². The number of hydrogen-bond donors (Lipinski definition) is 1. The highest BCUT2D eigenvalue weighted by Crippen LogP contribution is 2.52. The third-order valence-electron chi connectivity index (χ3n) is 6.86. The van der Waals surface area contributed by atoms with Crippen molar-refractivity contribution in [2.45, 2.75) is 30.7 Å². The third kappa shape index (κ3) is 3.22. The summed E-state index contributed by atoms with van der Waals surface area (Å²) in [7, 11) is 4.55. The van der Waals surface area contributed by atoms with Gasteiger partial charge in [0, 0.05) is 31.0 Å². The van der Waals surface area contributed by atoms with Crippen LogP contribution >= 0.6 is 0 Å². The second-order valence-corrected chi connectivity index (χ2v) is 8.66. The number of nitrogens with zero attached hydrogens (tertiary/aromatic N) is 1. The number of anilines is 1. The van der Waals surface area contributed by atoms with Gasteiger partial charge < -0.3 is 33.9 Å². The molecule has 3 saturated heterocycles. The number of carbonyl (C=O) groups excluding carboxylic acids is 2. The topological polar surface area (TPSA) is 95.6 Å². The zero-order valence-corrected chi connectivity index (χ0v) is 18.5. The van der Waals surface area contributed by atoms with E-state index in [9.17, 15) is 9.59 Å². The van der Waals surface area contributed by atoms with E-state index in [0.29, 0.717) is 36.0 Å². The number of fused-ring (bicyclic) bond motifs is 1. The molecule has 1 spiro atoms. The minimum absolute atomic E-state index is 0.0441. The van der Waals surface area contributed by atoms with E-state index in [0.717, 1.165) is 19.4 Å². The maximum absolute atomic E-state index is 13.4. The molecule has 3 fully saturated rings. The molecule has 32 heavy (non-hydrogen) atoms. The van der Waals surface area contributed by atoms with E-state index in [2.05, 4.69) is 5.32 Å². The maximum atomic E-state index is 13.4. The molecule has 2 amide bonds. The van der Waals surface area contributed by atoms with Gasteiger partial charge in [-0.15, -0.1) is 0 Å². The zero-order valence-electron chi connectivity index (χ0n) is 18.5. The lowest BCUT2D eigenvalue weighted by molar-refractivity contribution is -0.136. The summed E-state index contributed by atoms with van der Waals surface area (Å²) in [5.41, 5.74) is -0.246. The summed E-state index contributed by atoms with van der Waals surface area (Å²) in [5.74, 6) is -0.161. The number of rotatable bonds is 7. The number of carbonyl (C=O) groups is 2. The van der Waals surface area contributed by atoms with Crippen molar-refractivity contribution in [3.63, 3.8) is 0 Å². The summed E-state index contributed by atoms with van der Waals surface area (Å²) in [6.45, 7) is 1.73. The molecule has 5 rings (SSSR count). The van der Waals surface area contributed by atoms with Crippen LogP contribution in [-0.4, -0.2) is 75.5 Å². The highest BCUT2D eigenvalue weighted by atomic mass is 16.5. The largest absolute Gasteiger partial charge is 0.493 e. The SMILES string of the molecule is COc1cc(NC(=O)[C@H]2[C@H]3C=C[C@]4(CN(C[C@@H]5CCCO5)C(=O)[C@@H]24)O3)cc(OC)c1OC. The average molecular weight is 444 g/mol. The van der Waals surface area contributed by atoms with Gasteiger partial charge in [0.1, 0.15) is 5.60 Å². The second-order valence-electron chi connectivity index (χ2n) is 8.66. The van der Waals surface area contributed by atoms with Crippen molar-refractivity contribution >= 4 is 17.5 Å². The Bertz CT molecular complexity index is 933. The molecule has 0 aliphatic carbocycles. The molecule has 2 bridgehead atoms. The maximum Gasteiger partial charge on any atom is 0.231 e. The second kappa shape index (κ2) is 7.97. The van der Waals surface area contributed by atoms with Crippen LogP contribution in [-0.2, 0) is 19.1 Å². The normalized spacial score (nSPS) is 32.3. The molecule has 0 aromatic heterocycles. The summed E-state index contributed by atoms with van der Waals surface area (Å²) in [6, 6.07) is 3.33. The van der Waals surface area contributed by atoms with E-state index in [4.69, 9.17) is 23.7 Å². The zero-order chi connectivity index (χ0) is 22.5. The molecule has 1 aromatic rings. The molecule has 4 aliphatic rings. The van der Waals surface area contributed by atoms with Gasteiger partial charge in [-0.2, -0.15) is 0 Å². The van der Waals surface area contributed by atoms with Gasteiger partial charge >= 0.3 is 0 Å². The van der Waals surface area contributed by atoms with Gasteiger partial charge in [-0.25, -0.2) is 0 Å². The van der Waals surface area contributed by atoms with Gasteiger partial charge in [0.2, 0.25) is 17.6 Å². The van der Waals surface area contributed by atoms with Gasteiger partial charge in [0.05, 0.1) is 51.9 Å². The average Bonchev–Trinajstić information content (AvgIpc) is 3.56. The van der Waals surface area contributed by atoms with Crippen LogP contribution in [0.2, 0.25) is 0 Å². The van der Waals surface area contributed by atoms with Crippen LogP contribution < -0.4 is 19.5 Å². The van der Waals surface area contributed by atoms with Crippen molar-refractivity contribution in [2.75, 3.05) is 46.3 Å². The summed E-state index contributed by atoms with van der Waals surface area (Å²) in [4.78, 5) is 28.5. The number of nitrogens with one attached hydrogen (secondary N) is 1. The Morgan fingerprint density at radius 2 is 1.97 bits per heavy atom. The van der Waals surface area contributed by atoms with E-state index < -0.39 is 23.5 Å². The van der Waals surface area contributed by atoms with E-state index in [1.54, 1.807) is 17.0 Å². The first kappa shape index (κ1) is 21.1. The monoisotopic (exact) mass is 444 g/mol. The Morgan fingerprint density at radius 3 is 2.59 bits per heavy atom. The quantitative estimate of drug-likeness (QED) is 0.639. The molecule has 4 aliphatic heterocycles. The molecule has 0 saturated carbocycles. The number of benzene rings is 1. The van der Waals surface area contributed by atoms with Crippen molar-refractivity contribution in [1.29, 1.82) is 0 Å². The first-order chi connectivity index (χ1) is 15.5. The highest BCUT2D eigenvalue weighted by Gasteiger charge is 2.66. The number of hydrogen-bond acceptors (Lipinski definition) is 7. The van der Waals surface area contributed by atoms with Gasteiger partial charge in [-0.1, -0.05) is 12.2 Å². The van der Waals surface area contributed by atoms with E-state index >= 15 is 0 Å². The Kier molecular flexibility index (Phi) is 5.25. The van der Waals surface area contributed by atoms with E-state index in [1.165, 1.54) is 21.3 Å². The lowest BCUT2D eigenvalue weighted by atomic mass is 9.77. The standard InChI is InChI=1S/C23H28N2O7/c1-28-16-9-13(10-17(29-2)20(16)30-3)24-21(26)18-15-6-7-23(32-15)12-25(22(27)19(18)23)11-14-5-4-8-31-14/h6-7,9-10,14-15,18-19H,4-5,8,11-12H2,1-3H3,(H,24,26)/t14-,15+,18-,19+,23+/m0/s1. The van der Waals surface area contributed by atoms with Crippen molar-refractivity contribution in [3.05, 3.63) is 24.3 Å². The predicted molar refractivity (Wildman–Crippen MR) is 114 cm³/mol. The Balaban J connectivity index is 1.37. The smallest absolute Gasteiger partial charge is 0.231 e. The summed E-state index contributed by atoms with van der Waals surface area (Å²) in [6.07, 6.45) is 5.46. The fourth-order valence-corrected chi connectivity index (χ4v) is 5.45. The first-order valence-corrected chi connectivity index (χ1v) is 10.9. The Labute approximate surface area is 186 Å². The van der Waals surface area contributed by atoms with Crippen molar-refractivity contribution in [1.82, 2.24) is 4.90 Å². The number of methoxy groups -OCH3 is 3. The van der Waals surface area contributed by atoms with E-state index in [1.807, 2.05) is 12.2 Å². The molecule has 9 heteroatoms. The predicted octanol–water partition coefficient (Wildman–Crippen LogP) is 1.61. The minimum atomic E-state index is -0.738. The summed E-state index contributed by atoms with van der Waals surface area (Å²) >= 11 is 0. The molecule has 9 nitrogen and oxygen atoms in total. The lowest BCUT2D eigenvalue weighted by Crippen LogP contribution is -2.42. The number of amides is 2. The molecule has 1 aromatic carbocycles. The van der Waals surface area contributed by atoms with Crippen LogP contribution in [0.5, 0.6) is 17.2 Å². The van der Waals surface area contributed by atoms with Crippen molar-refractivity contribution in [2.24, 2.45) is 11.8 Å². The van der Waals surface area contributed by atoms with Gasteiger partial charge in [-0.05, 0) is 12.8 Å². The molecule has 0 unspecified atom stereocenters. The van der Waals surface area contributed by atoms with Crippen LogP contribution in [0.3, 0.4) is 0 Å². The first-order valence-electron chi connectivity index (χ1n) is 10.9. The van der Waals surface area contributed by atoms with Gasteiger partial charge in [0.15, 0.2) is 11.5 Å². The molecule has 0 radical (unpaired) electrons. The lowest BCUT2D eigenvalue weighted by Gasteiger charge is -2.24. The number of likely N-dealkylation sites (tertiary alicyclic amines) is 1. The number of ether oxygens (including phenoxy) is 5. The van der Waals surface area contributed by atoms with Crippen LogP contribution in [0.4, 0.5) is 5.69 Å². The van der Waals surface area contributed by atoms with Gasteiger partial charge in [-0.3, -0.25) is 9.59 Å². The summed E-state index contributed by atoms with van der Waals surface area (Å²) < 4.78 is 28.0. The molecule has 1 N–H and O–H groups in total. The summed E-state index contributed by atoms with van der Waals surface area (Å²) in [5, 5.41) is 2.92. The fraction of sp³-hybridized carbons (Fsp3) is 0.565. The molecule has 5 atom stereocenters. The van der Waals surface area contributed by atoms with Crippen molar-refractivity contribution < 1.29 is 33.3 Å². The molecule has 172 valence electrons. The fourth-order valence-electron chi connectivity index (χ4n) is 5.45. The van der Waals surface area contributed by atoms with Gasteiger partial charge in [0.25, 0.3) is 0 Å². The van der Waals surface area contributed by atoms with Crippen LogP contribution in [0.25, 0.3) is 0 Å². The van der Waals surface area contributed by atoms with E-state index in [-0.39, 0.29) is 17.9 Å². The minimum Gasteiger partial charge on any atom is -0.493 e. The molecular weight excluding hydrogens is 416 g/mol. The molecule has 4 heterocycles. The highest BCUT2D eigenvalue weighted by molar-refractivity contribution is 5.99. The molecular formula is C23H28N2O7. The Morgan fingerprint density at radius 1 is 1.22 bits per heavy atom. The van der Waals surface area contributed by atoms with Crippen LogP contribution in [0, 0.1) is 11.8 Å². The van der Waals surface area contributed by atoms with Crippen LogP contribution in [0.1, 0.15) is 12.8 Å².